The molecule has 0 amide bonds. The fourth-order valence-corrected chi connectivity index (χ4v) is 3.43. The number of aromatic nitrogens is 3. The monoisotopic (exact) mass is 456 g/mol. The van der Waals surface area contributed by atoms with Gasteiger partial charge in [-0.05, 0) is 35.9 Å². The SMILES string of the molecule is COCc1nn2c(-c3ccc(F)c([N+](=O)[O-])c3)ccnc2c1-c1ccc(Br)cc1. The third-order valence-corrected chi connectivity index (χ3v) is 4.97. The second-order valence-corrected chi connectivity index (χ2v) is 7.17. The van der Waals surface area contributed by atoms with Crippen LogP contribution in [-0.2, 0) is 11.3 Å². The van der Waals surface area contributed by atoms with Crippen LogP contribution in [0.4, 0.5) is 10.1 Å². The molecule has 0 fully saturated rings. The third-order valence-electron chi connectivity index (χ3n) is 4.44. The predicted octanol–water partition coefficient (Wildman–Crippen LogP) is 5.02. The van der Waals surface area contributed by atoms with Crippen molar-refractivity contribution < 1.29 is 14.1 Å². The summed E-state index contributed by atoms with van der Waals surface area (Å²) in [5, 5.41) is 15.8. The number of rotatable bonds is 5. The predicted molar refractivity (Wildman–Crippen MR) is 109 cm³/mol. The van der Waals surface area contributed by atoms with Crippen LogP contribution in [0.2, 0.25) is 0 Å². The Morgan fingerprint density at radius 3 is 2.59 bits per heavy atom. The van der Waals surface area contributed by atoms with E-state index in [0.717, 1.165) is 21.7 Å². The minimum atomic E-state index is -0.889. The summed E-state index contributed by atoms with van der Waals surface area (Å²) in [4.78, 5) is 14.9. The zero-order chi connectivity index (χ0) is 20.5. The summed E-state index contributed by atoms with van der Waals surface area (Å²) in [7, 11) is 1.58. The number of nitro groups is 1. The van der Waals surface area contributed by atoms with Crippen LogP contribution < -0.4 is 0 Å². The number of hydrogen-bond acceptors (Lipinski definition) is 5. The maximum Gasteiger partial charge on any atom is 0.305 e. The molecule has 9 heteroatoms. The van der Waals surface area contributed by atoms with Crippen molar-refractivity contribution in [1.29, 1.82) is 0 Å². The fraction of sp³-hybridized carbons (Fsp3) is 0.100. The summed E-state index contributed by atoms with van der Waals surface area (Å²) < 4.78 is 21.6. The van der Waals surface area contributed by atoms with Gasteiger partial charge < -0.3 is 4.74 Å². The van der Waals surface area contributed by atoms with Crippen LogP contribution in [0.3, 0.4) is 0 Å². The lowest BCUT2D eigenvalue weighted by atomic mass is 10.1. The van der Waals surface area contributed by atoms with Gasteiger partial charge >= 0.3 is 5.69 Å². The molecular formula is C20H14BrFN4O3. The van der Waals surface area contributed by atoms with Crippen molar-refractivity contribution in [3.05, 3.63) is 80.8 Å². The molecule has 29 heavy (non-hydrogen) atoms. The van der Waals surface area contributed by atoms with Crippen LogP contribution in [0, 0.1) is 15.9 Å². The molecule has 146 valence electrons. The third kappa shape index (κ3) is 3.50. The first-order valence-corrected chi connectivity index (χ1v) is 9.34. The van der Waals surface area contributed by atoms with Crippen LogP contribution in [0.25, 0.3) is 28.0 Å². The molecule has 0 atom stereocenters. The molecule has 0 bridgehead atoms. The summed E-state index contributed by atoms with van der Waals surface area (Å²) in [5.41, 5.74) is 3.38. The van der Waals surface area contributed by atoms with E-state index >= 15 is 0 Å². The highest BCUT2D eigenvalue weighted by Crippen LogP contribution is 2.32. The van der Waals surface area contributed by atoms with Gasteiger partial charge in [-0.1, -0.05) is 28.1 Å². The van der Waals surface area contributed by atoms with Crippen molar-refractivity contribution in [3.8, 4) is 22.4 Å². The van der Waals surface area contributed by atoms with E-state index in [9.17, 15) is 14.5 Å². The van der Waals surface area contributed by atoms with Crippen molar-refractivity contribution in [2.75, 3.05) is 7.11 Å². The average Bonchev–Trinajstić information content (AvgIpc) is 3.07. The van der Waals surface area contributed by atoms with Crippen LogP contribution in [0.1, 0.15) is 5.69 Å². The van der Waals surface area contributed by atoms with E-state index < -0.39 is 16.4 Å². The summed E-state index contributed by atoms with van der Waals surface area (Å²) in [6.45, 7) is 0.262. The number of nitro benzene ring substituents is 1. The topological polar surface area (TPSA) is 82.6 Å². The normalized spacial score (nSPS) is 11.1. The number of methoxy groups -OCH3 is 1. The summed E-state index contributed by atoms with van der Waals surface area (Å²) in [5.74, 6) is -0.889. The van der Waals surface area contributed by atoms with E-state index in [0.29, 0.717) is 22.6 Å². The van der Waals surface area contributed by atoms with Crippen LogP contribution in [-0.4, -0.2) is 26.6 Å². The molecule has 7 nitrogen and oxygen atoms in total. The molecule has 2 aromatic heterocycles. The Balaban J connectivity index is 1.97. The molecule has 0 aliphatic heterocycles. The molecular weight excluding hydrogens is 443 g/mol. The van der Waals surface area contributed by atoms with E-state index in [1.165, 1.54) is 12.1 Å². The molecule has 4 aromatic rings. The van der Waals surface area contributed by atoms with Gasteiger partial charge in [0.15, 0.2) is 5.65 Å². The summed E-state index contributed by atoms with van der Waals surface area (Å²) in [6, 6.07) is 13.2. The van der Waals surface area contributed by atoms with E-state index in [4.69, 9.17) is 4.74 Å². The largest absolute Gasteiger partial charge is 0.378 e. The maximum atomic E-state index is 13.8. The highest BCUT2D eigenvalue weighted by Gasteiger charge is 2.20. The Bertz CT molecular complexity index is 1220. The molecule has 2 heterocycles. The van der Waals surface area contributed by atoms with Crippen LogP contribution in [0.15, 0.2) is 59.2 Å². The van der Waals surface area contributed by atoms with Gasteiger partial charge in [-0.3, -0.25) is 10.1 Å². The molecule has 0 saturated carbocycles. The summed E-state index contributed by atoms with van der Waals surface area (Å²) in [6.07, 6.45) is 1.60. The molecule has 0 unspecified atom stereocenters. The zero-order valence-electron chi connectivity index (χ0n) is 15.2. The molecule has 0 spiro atoms. The highest BCUT2D eigenvalue weighted by molar-refractivity contribution is 9.10. The quantitative estimate of drug-likeness (QED) is 0.311. The molecule has 0 saturated heterocycles. The van der Waals surface area contributed by atoms with Gasteiger partial charge in [-0.2, -0.15) is 9.49 Å². The van der Waals surface area contributed by atoms with E-state index in [1.807, 2.05) is 24.3 Å². The number of ether oxygens (including phenoxy) is 1. The van der Waals surface area contributed by atoms with Crippen molar-refractivity contribution in [1.82, 2.24) is 14.6 Å². The first-order chi connectivity index (χ1) is 14.0. The molecule has 0 N–H and O–H groups in total. The fourth-order valence-electron chi connectivity index (χ4n) is 3.17. The minimum Gasteiger partial charge on any atom is -0.378 e. The van der Waals surface area contributed by atoms with Gasteiger partial charge in [0, 0.05) is 29.4 Å². The summed E-state index contributed by atoms with van der Waals surface area (Å²) >= 11 is 3.43. The molecule has 2 aromatic carbocycles. The van der Waals surface area contributed by atoms with Crippen LogP contribution in [0.5, 0.6) is 0 Å². The first-order valence-electron chi connectivity index (χ1n) is 8.55. The number of hydrogen-bond donors (Lipinski definition) is 0. The Hall–Kier alpha value is -3.17. The van der Waals surface area contributed by atoms with Gasteiger partial charge in [0.1, 0.15) is 0 Å². The molecule has 0 aliphatic rings. The second-order valence-electron chi connectivity index (χ2n) is 6.25. The highest BCUT2D eigenvalue weighted by atomic mass is 79.9. The van der Waals surface area contributed by atoms with Crippen molar-refractivity contribution in [2.24, 2.45) is 0 Å². The van der Waals surface area contributed by atoms with Crippen LogP contribution >= 0.6 is 15.9 Å². The van der Waals surface area contributed by atoms with E-state index in [2.05, 4.69) is 26.0 Å². The van der Waals surface area contributed by atoms with Gasteiger partial charge in [0.05, 0.1) is 28.5 Å². The average molecular weight is 457 g/mol. The Morgan fingerprint density at radius 2 is 1.90 bits per heavy atom. The van der Waals surface area contributed by atoms with Gasteiger partial charge in [0.25, 0.3) is 0 Å². The lowest BCUT2D eigenvalue weighted by Gasteiger charge is -2.06. The smallest absolute Gasteiger partial charge is 0.305 e. The van der Waals surface area contributed by atoms with E-state index in [-0.39, 0.29) is 6.61 Å². The Morgan fingerprint density at radius 1 is 1.17 bits per heavy atom. The number of fused-ring (bicyclic) bond motifs is 1. The van der Waals surface area contributed by atoms with E-state index in [1.54, 1.807) is 23.9 Å². The van der Waals surface area contributed by atoms with Gasteiger partial charge in [-0.25, -0.2) is 9.50 Å². The number of benzene rings is 2. The molecule has 0 radical (unpaired) electrons. The zero-order valence-corrected chi connectivity index (χ0v) is 16.8. The lowest BCUT2D eigenvalue weighted by Crippen LogP contribution is -1.98. The second kappa shape index (κ2) is 7.69. The molecule has 0 aliphatic carbocycles. The maximum absolute atomic E-state index is 13.8. The number of halogens is 2. The van der Waals surface area contributed by atoms with Gasteiger partial charge in [-0.15, -0.1) is 0 Å². The van der Waals surface area contributed by atoms with Crippen molar-refractivity contribution >= 4 is 27.3 Å². The van der Waals surface area contributed by atoms with Crippen molar-refractivity contribution in [2.45, 2.75) is 6.61 Å². The Labute approximate surface area is 173 Å². The molecule has 4 rings (SSSR count). The first kappa shape index (κ1) is 19.2. The lowest BCUT2D eigenvalue weighted by molar-refractivity contribution is -0.387. The number of nitrogens with zero attached hydrogens (tertiary/aromatic N) is 4. The Kier molecular flexibility index (Phi) is 5.08. The van der Waals surface area contributed by atoms with Gasteiger partial charge in [0.2, 0.25) is 5.82 Å². The minimum absolute atomic E-state index is 0.262. The van der Waals surface area contributed by atoms with Crippen molar-refractivity contribution in [3.63, 3.8) is 0 Å². The standard InChI is InChI=1S/C20H14BrFN4O3/c1-29-11-16-19(12-2-5-14(21)6-3-12)20-23-9-8-17(25(20)24-16)13-4-7-15(22)18(10-13)26(27)28/h2-10H,11H2,1H3.